The Morgan fingerprint density at radius 1 is 1.29 bits per heavy atom. The summed E-state index contributed by atoms with van der Waals surface area (Å²) < 4.78 is 13.9. The Balaban J connectivity index is 2.36. The van der Waals surface area contributed by atoms with E-state index in [0.717, 1.165) is 5.56 Å². The first-order valence-electron chi connectivity index (χ1n) is 13.5. The minimum absolute atomic E-state index is 0.0154. The van der Waals surface area contributed by atoms with Crippen LogP contribution in [0.1, 0.15) is 56.5 Å². The Bertz CT molecular complexity index is 1730. The molecule has 0 saturated carbocycles. The van der Waals surface area contributed by atoms with Crippen LogP contribution in [0.25, 0.3) is 16.7 Å². The van der Waals surface area contributed by atoms with E-state index in [9.17, 15) is 24.5 Å². The van der Waals surface area contributed by atoms with Gasteiger partial charge in [-0.2, -0.15) is 4.99 Å². The van der Waals surface area contributed by atoms with E-state index in [1.165, 1.54) is 35.6 Å². The zero-order valence-corrected chi connectivity index (χ0v) is 24.5. The van der Waals surface area contributed by atoms with Crippen LogP contribution in [0.5, 0.6) is 0 Å². The van der Waals surface area contributed by atoms with Crippen LogP contribution in [-0.2, 0) is 20.8 Å². The number of amides is 1. The summed E-state index contributed by atoms with van der Waals surface area (Å²) in [5, 5.41) is 11.7. The van der Waals surface area contributed by atoms with Crippen molar-refractivity contribution in [2.24, 2.45) is 4.99 Å². The van der Waals surface area contributed by atoms with Crippen molar-refractivity contribution in [3.8, 4) is 0 Å². The predicted octanol–water partition coefficient (Wildman–Crippen LogP) is 4.06. The Kier molecular flexibility index (Phi) is 10.8. The normalized spacial score (nSPS) is 12.8. The molecular formula is C30H35N5O7. The van der Waals surface area contributed by atoms with E-state index >= 15 is 0 Å². The second kappa shape index (κ2) is 14.3. The Labute approximate surface area is 242 Å². The van der Waals surface area contributed by atoms with Crippen LogP contribution in [0, 0.1) is 17.0 Å². The SMILES string of the molecule is C=C/C=C\C(=C(\C)CC(=O)N=c1c(C(=O)OCC)cc2c(=O)n3cccc(C)c3nc2n1CCCOC(C)C)[N+](=O)[O-]. The number of ether oxygens (including phenoxy) is 2. The molecule has 42 heavy (non-hydrogen) atoms. The fraction of sp³-hybridized carbons (Fsp3) is 0.367. The highest BCUT2D eigenvalue weighted by Crippen LogP contribution is 2.15. The number of carbonyl (C=O) groups excluding carboxylic acids is 2. The number of nitro groups is 1. The van der Waals surface area contributed by atoms with Crippen molar-refractivity contribution in [1.29, 1.82) is 0 Å². The molecule has 0 aromatic carbocycles. The van der Waals surface area contributed by atoms with Crippen molar-refractivity contribution in [3.63, 3.8) is 0 Å². The van der Waals surface area contributed by atoms with Crippen molar-refractivity contribution in [1.82, 2.24) is 14.0 Å². The molecule has 0 spiro atoms. The van der Waals surface area contributed by atoms with Gasteiger partial charge in [-0.3, -0.25) is 24.1 Å². The number of esters is 1. The number of aromatic nitrogens is 3. The van der Waals surface area contributed by atoms with Crippen molar-refractivity contribution >= 4 is 28.6 Å². The van der Waals surface area contributed by atoms with E-state index in [0.29, 0.717) is 18.7 Å². The maximum absolute atomic E-state index is 13.6. The second-order valence-electron chi connectivity index (χ2n) is 9.77. The number of nitrogens with zero attached hydrogens (tertiary/aromatic N) is 5. The van der Waals surface area contributed by atoms with Gasteiger partial charge in [-0.1, -0.05) is 24.8 Å². The minimum atomic E-state index is -0.779. The van der Waals surface area contributed by atoms with Gasteiger partial charge in [0.05, 0.1) is 29.4 Å². The zero-order valence-electron chi connectivity index (χ0n) is 24.5. The monoisotopic (exact) mass is 577 g/mol. The average Bonchev–Trinajstić information content (AvgIpc) is 2.92. The van der Waals surface area contributed by atoms with Gasteiger partial charge in [0.15, 0.2) is 5.49 Å². The third kappa shape index (κ3) is 7.32. The predicted molar refractivity (Wildman–Crippen MR) is 158 cm³/mol. The molecule has 12 heteroatoms. The quantitative estimate of drug-likeness (QED) is 0.0782. The molecule has 3 aromatic rings. The molecule has 1 amide bonds. The maximum atomic E-state index is 13.6. The van der Waals surface area contributed by atoms with Crippen molar-refractivity contribution < 1.29 is 24.0 Å². The van der Waals surface area contributed by atoms with Crippen molar-refractivity contribution in [2.45, 2.75) is 60.1 Å². The number of hydrogen-bond donors (Lipinski definition) is 0. The lowest BCUT2D eigenvalue weighted by molar-refractivity contribution is -0.420. The van der Waals surface area contributed by atoms with Crippen LogP contribution < -0.4 is 11.0 Å². The van der Waals surface area contributed by atoms with Gasteiger partial charge in [-0.05, 0) is 58.7 Å². The third-order valence-electron chi connectivity index (χ3n) is 6.25. The van der Waals surface area contributed by atoms with E-state index in [2.05, 4.69) is 11.6 Å². The van der Waals surface area contributed by atoms with Crippen LogP contribution in [0.15, 0.2) is 70.3 Å². The summed E-state index contributed by atoms with van der Waals surface area (Å²) in [6, 6.07) is 4.88. The smallest absolute Gasteiger partial charge is 0.341 e. The Hall–Kier alpha value is -4.71. The molecular weight excluding hydrogens is 542 g/mol. The highest BCUT2D eigenvalue weighted by molar-refractivity contribution is 5.94. The molecule has 0 aliphatic heterocycles. The largest absolute Gasteiger partial charge is 0.462 e. The number of fused-ring (bicyclic) bond motifs is 2. The lowest BCUT2D eigenvalue weighted by atomic mass is 10.1. The first-order valence-corrected chi connectivity index (χ1v) is 13.5. The summed E-state index contributed by atoms with van der Waals surface area (Å²) in [5.74, 6) is -1.51. The summed E-state index contributed by atoms with van der Waals surface area (Å²) in [4.78, 5) is 60.0. The number of hydrogen-bond acceptors (Lipinski definition) is 8. The van der Waals surface area contributed by atoms with E-state index in [1.807, 2.05) is 26.8 Å². The van der Waals surface area contributed by atoms with Gasteiger partial charge in [0.2, 0.25) is 0 Å². The Morgan fingerprint density at radius 2 is 2.02 bits per heavy atom. The summed E-state index contributed by atoms with van der Waals surface area (Å²) in [6.45, 7) is 12.8. The number of allylic oxidation sites excluding steroid dienone is 3. The van der Waals surface area contributed by atoms with E-state index in [-0.39, 0.29) is 59.0 Å². The molecule has 222 valence electrons. The molecule has 0 aliphatic carbocycles. The molecule has 3 rings (SSSR count). The van der Waals surface area contributed by atoms with Gasteiger partial charge < -0.3 is 14.0 Å². The zero-order chi connectivity index (χ0) is 31.0. The number of aryl methyl sites for hydroxylation is 2. The number of carbonyl (C=O) groups is 2. The summed E-state index contributed by atoms with van der Waals surface area (Å²) in [5.41, 5.74) is 0.721. The minimum Gasteiger partial charge on any atom is -0.462 e. The highest BCUT2D eigenvalue weighted by atomic mass is 16.6. The lowest BCUT2D eigenvalue weighted by Gasteiger charge is -2.16. The second-order valence-corrected chi connectivity index (χ2v) is 9.77. The molecule has 3 aromatic heterocycles. The molecule has 0 aliphatic rings. The van der Waals surface area contributed by atoms with Crippen molar-refractivity contribution in [3.05, 3.63) is 97.6 Å². The third-order valence-corrected chi connectivity index (χ3v) is 6.25. The van der Waals surface area contributed by atoms with Crippen LogP contribution >= 0.6 is 0 Å². The van der Waals surface area contributed by atoms with Crippen molar-refractivity contribution in [2.75, 3.05) is 13.2 Å². The molecule has 0 radical (unpaired) electrons. The van der Waals surface area contributed by atoms with Crippen LogP contribution in [-0.4, -0.2) is 50.1 Å². The van der Waals surface area contributed by atoms with Crippen LogP contribution in [0.4, 0.5) is 0 Å². The first-order chi connectivity index (χ1) is 20.0. The van der Waals surface area contributed by atoms with Gasteiger partial charge in [-0.25, -0.2) is 9.78 Å². The topological polar surface area (TPSA) is 147 Å². The Morgan fingerprint density at radius 3 is 2.67 bits per heavy atom. The molecule has 0 bridgehead atoms. The summed E-state index contributed by atoms with van der Waals surface area (Å²) in [7, 11) is 0. The van der Waals surface area contributed by atoms with E-state index < -0.39 is 22.4 Å². The molecule has 0 atom stereocenters. The first kappa shape index (κ1) is 31.8. The molecule has 3 heterocycles. The van der Waals surface area contributed by atoms with E-state index in [4.69, 9.17) is 14.5 Å². The summed E-state index contributed by atoms with van der Waals surface area (Å²) >= 11 is 0. The summed E-state index contributed by atoms with van der Waals surface area (Å²) in [6.07, 6.45) is 5.67. The van der Waals surface area contributed by atoms with Crippen LogP contribution in [0.3, 0.4) is 0 Å². The standard InChI is InChI=1S/C30H35N5O7/c1-7-9-13-24(35(39)40)21(6)17-25(36)31-28-23(30(38)41-8-2)18-22-27(33(28)15-11-16-42-19(3)4)32-26-20(5)12-10-14-34(26)29(22)37/h7,9-10,12-14,18-19H,1,8,11,15-17H2,2-6H3/b13-9-,24-21+,31-28?. The highest BCUT2D eigenvalue weighted by Gasteiger charge is 2.21. The lowest BCUT2D eigenvalue weighted by Crippen LogP contribution is -2.33. The average molecular weight is 578 g/mol. The van der Waals surface area contributed by atoms with Gasteiger partial charge >= 0.3 is 5.97 Å². The fourth-order valence-electron chi connectivity index (χ4n) is 4.31. The van der Waals surface area contributed by atoms with Gasteiger partial charge in [-0.15, -0.1) is 0 Å². The molecule has 0 unspecified atom stereocenters. The van der Waals surface area contributed by atoms with Gasteiger partial charge in [0.1, 0.15) is 16.9 Å². The number of rotatable bonds is 12. The number of pyridine rings is 2. The maximum Gasteiger partial charge on any atom is 0.341 e. The van der Waals surface area contributed by atoms with E-state index in [1.54, 1.807) is 23.8 Å². The fourth-order valence-corrected chi connectivity index (χ4v) is 4.31. The van der Waals surface area contributed by atoms with Gasteiger partial charge in [0, 0.05) is 31.0 Å². The molecule has 0 fully saturated rings. The molecule has 12 nitrogen and oxygen atoms in total. The van der Waals surface area contributed by atoms with Gasteiger partial charge in [0.25, 0.3) is 17.2 Å². The molecule has 0 N–H and O–H groups in total. The van der Waals surface area contributed by atoms with Crippen LogP contribution in [0.2, 0.25) is 0 Å². The molecule has 0 saturated heterocycles.